The van der Waals surface area contributed by atoms with Gasteiger partial charge in [0.2, 0.25) is 0 Å². The molecule has 0 saturated carbocycles. The molecular weight excluding hydrogens is 320 g/mol. The normalized spacial score (nSPS) is 15.8. The van der Waals surface area contributed by atoms with E-state index in [4.69, 9.17) is 16.3 Å². The molecule has 4 heteroatoms. The van der Waals surface area contributed by atoms with Gasteiger partial charge in [0, 0.05) is 37.7 Å². The molecule has 1 saturated heterocycles. The van der Waals surface area contributed by atoms with Crippen LogP contribution in [0.5, 0.6) is 5.75 Å². The lowest BCUT2D eigenvalue weighted by Crippen LogP contribution is -2.46. The van der Waals surface area contributed by atoms with Crippen molar-refractivity contribution in [3.8, 4) is 5.75 Å². The van der Waals surface area contributed by atoms with Gasteiger partial charge in [-0.15, -0.1) is 0 Å². The van der Waals surface area contributed by atoms with Gasteiger partial charge in [0.1, 0.15) is 5.75 Å². The molecule has 2 aromatic carbocycles. The van der Waals surface area contributed by atoms with E-state index in [0.29, 0.717) is 0 Å². The summed E-state index contributed by atoms with van der Waals surface area (Å²) in [6.45, 7) is 5.02. The first-order valence-corrected chi connectivity index (χ1v) is 8.66. The van der Waals surface area contributed by atoms with Crippen LogP contribution in [0.25, 0.3) is 6.08 Å². The van der Waals surface area contributed by atoms with Crippen molar-refractivity contribution in [2.45, 2.75) is 0 Å². The first-order chi connectivity index (χ1) is 11.8. The quantitative estimate of drug-likeness (QED) is 0.810. The third kappa shape index (κ3) is 4.31. The van der Waals surface area contributed by atoms with Gasteiger partial charge >= 0.3 is 0 Å². The van der Waals surface area contributed by atoms with E-state index in [1.165, 1.54) is 5.56 Å². The van der Waals surface area contributed by atoms with Gasteiger partial charge in [-0.3, -0.25) is 4.90 Å². The minimum absolute atomic E-state index is 0.749. The van der Waals surface area contributed by atoms with E-state index >= 15 is 0 Å². The topological polar surface area (TPSA) is 15.7 Å². The molecule has 1 fully saturated rings. The Kier molecular flexibility index (Phi) is 5.78. The van der Waals surface area contributed by atoms with Crippen LogP contribution < -0.4 is 9.64 Å². The maximum atomic E-state index is 6.15. The summed E-state index contributed by atoms with van der Waals surface area (Å²) in [5.41, 5.74) is 2.34. The highest BCUT2D eigenvalue weighted by Gasteiger charge is 2.19. The lowest BCUT2D eigenvalue weighted by atomic mass is 10.2. The molecule has 0 radical (unpaired) electrons. The fourth-order valence-electron chi connectivity index (χ4n) is 2.98. The molecule has 126 valence electrons. The van der Waals surface area contributed by atoms with E-state index in [9.17, 15) is 0 Å². The highest BCUT2D eigenvalue weighted by molar-refractivity contribution is 6.30. The summed E-state index contributed by atoms with van der Waals surface area (Å²) in [6, 6.07) is 16.2. The molecule has 0 N–H and O–H groups in total. The average Bonchev–Trinajstić information content (AvgIpc) is 2.63. The first kappa shape index (κ1) is 16.9. The maximum absolute atomic E-state index is 6.15. The second kappa shape index (κ2) is 8.22. The van der Waals surface area contributed by atoms with Crippen molar-refractivity contribution in [2.75, 3.05) is 44.7 Å². The van der Waals surface area contributed by atoms with Crippen molar-refractivity contribution in [1.82, 2.24) is 4.90 Å². The van der Waals surface area contributed by atoms with Crippen LogP contribution in [0.15, 0.2) is 54.6 Å². The Balaban J connectivity index is 1.54. The van der Waals surface area contributed by atoms with E-state index < -0.39 is 0 Å². The average molecular weight is 343 g/mol. The van der Waals surface area contributed by atoms with E-state index in [0.717, 1.165) is 49.2 Å². The van der Waals surface area contributed by atoms with E-state index in [2.05, 4.69) is 46.2 Å². The Labute approximate surface area is 149 Å². The summed E-state index contributed by atoms with van der Waals surface area (Å²) in [5, 5.41) is 0.749. The van der Waals surface area contributed by atoms with Gasteiger partial charge in [0.25, 0.3) is 0 Å². The van der Waals surface area contributed by atoms with Crippen molar-refractivity contribution in [1.29, 1.82) is 0 Å². The summed E-state index contributed by atoms with van der Waals surface area (Å²) in [4.78, 5) is 4.81. The van der Waals surface area contributed by atoms with Gasteiger partial charge in [0.05, 0.1) is 12.8 Å². The third-order valence-corrected chi connectivity index (χ3v) is 4.56. The third-order valence-electron chi connectivity index (χ3n) is 4.33. The summed E-state index contributed by atoms with van der Waals surface area (Å²) >= 11 is 6.15. The number of hydrogen-bond acceptors (Lipinski definition) is 3. The van der Waals surface area contributed by atoms with E-state index in [1.54, 1.807) is 7.11 Å². The van der Waals surface area contributed by atoms with Gasteiger partial charge in [-0.05, 0) is 23.8 Å². The zero-order valence-electron chi connectivity index (χ0n) is 14.0. The minimum atomic E-state index is 0.749. The second-order valence-electron chi connectivity index (χ2n) is 5.92. The van der Waals surface area contributed by atoms with Crippen molar-refractivity contribution >= 4 is 23.4 Å². The Hall–Kier alpha value is -1.97. The van der Waals surface area contributed by atoms with Gasteiger partial charge in [-0.25, -0.2) is 0 Å². The zero-order valence-corrected chi connectivity index (χ0v) is 14.7. The second-order valence-corrected chi connectivity index (χ2v) is 6.35. The molecular formula is C20H23ClN2O. The molecule has 1 heterocycles. The zero-order chi connectivity index (χ0) is 16.8. The number of nitrogens with zero attached hydrogens (tertiary/aromatic N) is 2. The number of rotatable bonds is 5. The smallest absolute Gasteiger partial charge is 0.142 e. The molecule has 0 unspecified atom stereocenters. The summed E-state index contributed by atoms with van der Waals surface area (Å²) < 4.78 is 5.47. The largest absolute Gasteiger partial charge is 0.495 e. The van der Waals surface area contributed by atoms with E-state index in [-0.39, 0.29) is 0 Å². The highest BCUT2D eigenvalue weighted by atomic mass is 35.5. The van der Waals surface area contributed by atoms with Crippen LogP contribution in [0.4, 0.5) is 5.69 Å². The lowest BCUT2D eigenvalue weighted by molar-refractivity contribution is 0.283. The number of hydrogen-bond donors (Lipinski definition) is 0. The number of methoxy groups -OCH3 is 1. The highest BCUT2D eigenvalue weighted by Crippen LogP contribution is 2.31. The molecule has 0 spiro atoms. The summed E-state index contributed by atoms with van der Waals surface area (Å²) in [6.07, 6.45) is 4.43. The summed E-state index contributed by atoms with van der Waals surface area (Å²) in [7, 11) is 1.71. The number of piperazine rings is 1. The molecule has 2 aromatic rings. The molecule has 0 aliphatic carbocycles. The Morgan fingerprint density at radius 2 is 1.79 bits per heavy atom. The predicted molar refractivity (Wildman–Crippen MR) is 102 cm³/mol. The number of anilines is 1. The summed E-state index contributed by atoms with van der Waals surface area (Å²) in [5.74, 6) is 0.886. The molecule has 1 aliphatic rings. The van der Waals surface area contributed by atoms with Crippen molar-refractivity contribution < 1.29 is 4.74 Å². The Bertz CT molecular complexity index is 679. The van der Waals surface area contributed by atoms with E-state index in [1.807, 2.05) is 24.3 Å². The monoisotopic (exact) mass is 342 g/mol. The van der Waals surface area contributed by atoms with Gasteiger partial charge in [-0.1, -0.05) is 54.1 Å². The standard InChI is InChI=1S/C20H23ClN2O/c1-24-20-10-9-18(21)16-19(20)23-14-12-22(13-15-23)11-5-8-17-6-3-2-4-7-17/h2-10,16H,11-15H2,1H3/b8-5+. The van der Waals surface area contributed by atoms with Crippen LogP contribution in [-0.4, -0.2) is 44.7 Å². The predicted octanol–water partition coefficient (Wildman–Crippen LogP) is 4.18. The molecule has 0 atom stereocenters. The Morgan fingerprint density at radius 1 is 1.04 bits per heavy atom. The minimum Gasteiger partial charge on any atom is -0.495 e. The molecule has 0 amide bonds. The van der Waals surface area contributed by atoms with Crippen LogP contribution in [0.2, 0.25) is 5.02 Å². The molecule has 3 rings (SSSR count). The fraction of sp³-hybridized carbons (Fsp3) is 0.300. The van der Waals surface area contributed by atoms with Gasteiger partial charge < -0.3 is 9.64 Å². The lowest BCUT2D eigenvalue weighted by Gasteiger charge is -2.36. The van der Waals surface area contributed by atoms with Gasteiger partial charge in [-0.2, -0.15) is 0 Å². The first-order valence-electron chi connectivity index (χ1n) is 8.29. The van der Waals surface area contributed by atoms with Crippen LogP contribution >= 0.6 is 11.6 Å². The molecule has 3 nitrogen and oxygen atoms in total. The van der Waals surface area contributed by atoms with Crippen molar-refractivity contribution in [3.05, 3.63) is 65.2 Å². The van der Waals surface area contributed by atoms with Crippen LogP contribution in [0, 0.1) is 0 Å². The van der Waals surface area contributed by atoms with Gasteiger partial charge in [0.15, 0.2) is 0 Å². The fourth-order valence-corrected chi connectivity index (χ4v) is 3.15. The Morgan fingerprint density at radius 3 is 2.50 bits per heavy atom. The number of benzene rings is 2. The maximum Gasteiger partial charge on any atom is 0.142 e. The molecule has 0 bridgehead atoms. The SMILES string of the molecule is COc1ccc(Cl)cc1N1CCN(C/C=C/c2ccccc2)CC1. The molecule has 24 heavy (non-hydrogen) atoms. The molecule has 0 aromatic heterocycles. The molecule has 1 aliphatic heterocycles. The number of halogens is 1. The van der Waals surface area contributed by atoms with Crippen LogP contribution in [-0.2, 0) is 0 Å². The number of ether oxygens (including phenoxy) is 1. The van der Waals surface area contributed by atoms with Crippen molar-refractivity contribution in [3.63, 3.8) is 0 Å². The van der Waals surface area contributed by atoms with Crippen LogP contribution in [0.1, 0.15) is 5.56 Å². The van der Waals surface area contributed by atoms with Crippen LogP contribution in [0.3, 0.4) is 0 Å². The van der Waals surface area contributed by atoms with Crippen molar-refractivity contribution in [2.24, 2.45) is 0 Å².